The lowest BCUT2D eigenvalue weighted by Gasteiger charge is -2.14. The first-order chi connectivity index (χ1) is 10.1. The number of benzene rings is 1. The van der Waals surface area contributed by atoms with Gasteiger partial charge in [-0.15, -0.1) is 0 Å². The Balaban J connectivity index is 2.03. The van der Waals surface area contributed by atoms with Gasteiger partial charge in [0, 0.05) is 11.5 Å². The summed E-state index contributed by atoms with van der Waals surface area (Å²) < 4.78 is 27.5. The first-order valence-electron chi connectivity index (χ1n) is 6.66. The molecule has 0 atom stereocenters. The molecule has 0 aliphatic heterocycles. The van der Waals surface area contributed by atoms with E-state index < -0.39 is 11.6 Å². The summed E-state index contributed by atoms with van der Waals surface area (Å²) in [5.74, 6) is 5.82. The van der Waals surface area contributed by atoms with Crippen LogP contribution in [0.2, 0.25) is 0 Å². The minimum absolute atomic E-state index is 0.232. The van der Waals surface area contributed by atoms with Crippen molar-refractivity contribution in [2.45, 2.75) is 25.7 Å². The van der Waals surface area contributed by atoms with E-state index in [4.69, 9.17) is 5.84 Å². The van der Waals surface area contributed by atoms with Gasteiger partial charge in [0.2, 0.25) is 0 Å². The lowest BCUT2D eigenvalue weighted by Crippen LogP contribution is -2.14. The average molecular weight is 291 g/mol. The Hall–Kier alpha value is -2.28. The van der Waals surface area contributed by atoms with Crippen molar-refractivity contribution in [1.82, 2.24) is 9.97 Å². The second kappa shape index (κ2) is 5.25. The van der Waals surface area contributed by atoms with Gasteiger partial charge in [-0.05, 0) is 31.9 Å². The van der Waals surface area contributed by atoms with Crippen LogP contribution in [-0.2, 0) is 0 Å². The number of hydrogen-bond donors (Lipinski definition) is 3. The number of halogens is 2. The van der Waals surface area contributed by atoms with Crippen molar-refractivity contribution in [2.24, 2.45) is 5.84 Å². The Bertz CT molecular complexity index is 665. The Kier molecular flexibility index (Phi) is 3.42. The average Bonchev–Trinajstić information content (AvgIpc) is 3.29. The van der Waals surface area contributed by atoms with Crippen molar-refractivity contribution in [3.8, 4) is 0 Å². The molecule has 7 heteroatoms. The maximum Gasteiger partial charge on any atom is 0.149 e. The molecule has 5 nitrogen and oxygen atoms in total. The minimum atomic E-state index is -0.678. The number of hydrogen-bond acceptors (Lipinski definition) is 5. The SMILES string of the molecule is Cc1c(NN)nc(C2CC2)nc1Nc1c(F)cccc1F. The fourth-order valence-electron chi connectivity index (χ4n) is 2.06. The molecule has 2 aromatic rings. The largest absolute Gasteiger partial charge is 0.335 e. The van der Waals surface area contributed by atoms with Crippen molar-refractivity contribution < 1.29 is 8.78 Å². The summed E-state index contributed by atoms with van der Waals surface area (Å²) in [4.78, 5) is 8.69. The number of nitrogens with zero attached hydrogens (tertiary/aromatic N) is 2. The van der Waals surface area contributed by atoms with Gasteiger partial charge in [-0.25, -0.2) is 24.6 Å². The zero-order chi connectivity index (χ0) is 15.0. The molecule has 0 saturated heterocycles. The number of nitrogens with one attached hydrogen (secondary N) is 2. The summed E-state index contributed by atoms with van der Waals surface area (Å²) in [5, 5.41) is 2.71. The van der Waals surface area contributed by atoms with E-state index in [1.54, 1.807) is 6.92 Å². The number of aromatic nitrogens is 2. The number of hydrazine groups is 1. The van der Waals surface area contributed by atoms with Crippen LogP contribution in [0, 0.1) is 18.6 Å². The third kappa shape index (κ3) is 2.64. The summed E-state index contributed by atoms with van der Waals surface area (Å²) >= 11 is 0. The van der Waals surface area contributed by atoms with Gasteiger partial charge in [-0.3, -0.25) is 0 Å². The summed E-state index contributed by atoms with van der Waals surface area (Å²) in [6.45, 7) is 1.73. The highest BCUT2D eigenvalue weighted by Gasteiger charge is 2.28. The molecule has 1 fully saturated rings. The van der Waals surface area contributed by atoms with E-state index in [0.29, 0.717) is 28.9 Å². The third-order valence-electron chi connectivity index (χ3n) is 3.45. The van der Waals surface area contributed by atoms with Gasteiger partial charge >= 0.3 is 0 Å². The molecular weight excluding hydrogens is 276 g/mol. The zero-order valence-corrected chi connectivity index (χ0v) is 11.5. The topological polar surface area (TPSA) is 75.9 Å². The third-order valence-corrected chi connectivity index (χ3v) is 3.45. The fraction of sp³-hybridized carbons (Fsp3) is 0.286. The van der Waals surface area contributed by atoms with Crippen LogP contribution >= 0.6 is 0 Å². The van der Waals surface area contributed by atoms with Gasteiger partial charge in [0.1, 0.15) is 34.8 Å². The van der Waals surface area contributed by atoms with Crippen LogP contribution in [0.1, 0.15) is 30.1 Å². The standard InChI is InChI=1S/C14H15F2N5/c1-7-12(18-11-9(15)3-2-4-10(11)16)19-14(8-5-6-8)20-13(7)21-17/h2-4,8H,5-6,17H2,1H3,(H2,18,19,20,21). The highest BCUT2D eigenvalue weighted by atomic mass is 19.1. The predicted molar refractivity (Wildman–Crippen MR) is 76.2 cm³/mol. The first-order valence-corrected chi connectivity index (χ1v) is 6.66. The van der Waals surface area contributed by atoms with Crippen molar-refractivity contribution in [2.75, 3.05) is 10.7 Å². The van der Waals surface area contributed by atoms with Gasteiger partial charge in [0.05, 0.1) is 0 Å². The van der Waals surface area contributed by atoms with E-state index in [-0.39, 0.29) is 5.69 Å². The lowest BCUT2D eigenvalue weighted by molar-refractivity contribution is 0.590. The predicted octanol–water partition coefficient (Wildman–Crippen LogP) is 2.97. The summed E-state index contributed by atoms with van der Waals surface area (Å²) in [6, 6.07) is 3.68. The molecule has 1 heterocycles. The molecule has 0 unspecified atom stereocenters. The molecule has 21 heavy (non-hydrogen) atoms. The number of para-hydroxylation sites is 1. The van der Waals surface area contributed by atoms with Gasteiger partial charge < -0.3 is 10.7 Å². The number of nitrogens with two attached hydrogens (primary N) is 1. The summed E-state index contributed by atoms with van der Waals surface area (Å²) in [7, 11) is 0. The molecule has 4 N–H and O–H groups in total. The Morgan fingerprint density at radius 3 is 2.33 bits per heavy atom. The fourth-order valence-corrected chi connectivity index (χ4v) is 2.06. The Labute approximate surface area is 120 Å². The molecule has 3 rings (SSSR count). The molecule has 0 spiro atoms. The highest BCUT2D eigenvalue weighted by molar-refractivity contribution is 5.65. The molecule has 0 radical (unpaired) electrons. The van der Waals surface area contributed by atoms with Crippen molar-refractivity contribution in [3.05, 3.63) is 41.2 Å². The Morgan fingerprint density at radius 1 is 1.14 bits per heavy atom. The van der Waals surface area contributed by atoms with E-state index >= 15 is 0 Å². The van der Waals surface area contributed by atoms with Crippen LogP contribution in [0.5, 0.6) is 0 Å². The highest BCUT2D eigenvalue weighted by Crippen LogP contribution is 2.40. The van der Waals surface area contributed by atoms with Gasteiger partial charge in [0.15, 0.2) is 0 Å². The Morgan fingerprint density at radius 2 is 1.76 bits per heavy atom. The molecule has 1 aliphatic rings. The number of nitrogen functional groups attached to an aromatic ring is 1. The zero-order valence-electron chi connectivity index (χ0n) is 11.5. The first kappa shape index (κ1) is 13.7. The maximum atomic E-state index is 13.7. The maximum absolute atomic E-state index is 13.7. The van der Waals surface area contributed by atoms with Crippen molar-refractivity contribution in [3.63, 3.8) is 0 Å². The molecule has 1 aromatic carbocycles. The van der Waals surface area contributed by atoms with E-state index in [1.807, 2.05) is 0 Å². The molecular formula is C14H15F2N5. The van der Waals surface area contributed by atoms with E-state index in [9.17, 15) is 8.78 Å². The number of anilines is 3. The van der Waals surface area contributed by atoms with Crippen LogP contribution in [0.25, 0.3) is 0 Å². The van der Waals surface area contributed by atoms with Crippen LogP contribution in [0.3, 0.4) is 0 Å². The van der Waals surface area contributed by atoms with Crippen LogP contribution in [-0.4, -0.2) is 9.97 Å². The number of rotatable bonds is 4. The second-order valence-corrected chi connectivity index (χ2v) is 5.04. The van der Waals surface area contributed by atoms with E-state index in [1.165, 1.54) is 18.2 Å². The molecule has 0 amide bonds. The van der Waals surface area contributed by atoms with Crippen molar-refractivity contribution >= 4 is 17.3 Å². The van der Waals surface area contributed by atoms with Crippen molar-refractivity contribution in [1.29, 1.82) is 0 Å². The van der Waals surface area contributed by atoms with Crippen LogP contribution in [0.15, 0.2) is 18.2 Å². The van der Waals surface area contributed by atoms with Gasteiger partial charge in [-0.2, -0.15) is 0 Å². The van der Waals surface area contributed by atoms with Gasteiger partial charge in [0.25, 0.3) is 0 Å². The molecule has 0 bridgehead atoms. The lowest BCUT2D eigenvalue weighted by atomic mass is 10.2. The van der Waals surface area contributed by atoms with Gasteiger partial charge in [-0.1, -0.05) is 6.07 Å². The van der Waals surface area contributed by atoms with E-state index in [0.717, 1.165) is 12.8 Å². The van der Waals surface area contributed by atoms with Crippen LogP contribution in [0.4, 0.5) is 26.1 Å². The molecule has 110 valence electrons. The molecule has 1 saturated carbocycles. The monoisotopic (exact) mass is 291 g/mol. The van der Waals surface area contributed by atoms with E-state index in [2.05, 4.69) is 20.7 Å². The van der Waals surface area contributed by atoms with Crippen LogP contribution < -0.4 is 16.6 Å². The smallest absolute Gasteiger partial charge is 0.149 e. The minimum Gasteiger partial charge on any atom is -0.335 e. The quantitative estimate of drug-likeness (QED) is 0.596. The normalized spacial score (nSPS) is 14.1. The molecule has 1 aromatic heterocycles. The second-order valence-electron chi connectivity index (χ2n) is 5.04. The summed E-state index contributed by atoms with van der Waals surface area (Å²) in [6.07, 6.45) is 2.03. The molecule has 1 aliphatic carbocycles. The summed E-state index contributed by atoms with van der Waals surface area (Å²) in [5.41, 5.74) is 2.86.